The van der Waals surface area contributed by atoms with Gasteiger partial charge in [-0.25, -0.2) is 4.79 Å². The third-order valence-corrected chi connectivity index (χ3v) is 0.960. The van der Waals surface area contributed by atoms with Gasteiger partial charge in [0.05, 0.1) is 0 Å². The van der Waals surface area contributed by atoms with E-state index in [1.807, 2.05) is 0 Å². The van der Waals surface area contributed by atoms with Crippen LogP contribution in [0.15, 0.2) is 11.6 Å². The van der Waals surface area contributed by atoms with Crippen LogP contribution in [0.3, 0.4) is 0 Å². The molecule has 0 rings (SSSR count). The molecule has 0 aromatic heterocycles. The predicted octanol–water partition coefficient (Wildman–Crippen LogP) is 0.575. The Balaban J connectivity index is 0. The maximum Gasteiger partial charge on any atom is 0.346 e. The Labute approximate surface area is 76.1 Å². The Bertz CT molecular complexity index is 119. The van der Waals surface area contributed by atoms with E-state index in [9.17, 15) is 4.79 Å². The van der Waals surface area contributed by atoms with E-state index in [0.29, 0.717) is 0 Å². The first kappa shape index (κ1) is 14.0. The van der Waals surface area contributed by atoms with Crippen LogP contribution in [0.25, 0.3) is 0 Å². The van der Waals surface area contributed by atoms with E-state index in [2.05, 4.69) is 6.58 Å². The Morgan fingerprint density at radius 1 is 1.25 bits per heavy atom. The van der Waals surface area contributed by atoms with Gasteiger partial charge in [-0.3, -0.25) is 0 Å². The molecule has 0 saturated carbocycles. The second-order valence-corrected chi connectivity index (χ2v) is 2.32. The molecule has 0 bridgehead atoms. The van der Waals surface area contributed by atoms with Crippen molar-refractivity contribution in [3.63, 3.8) is 0 Å². The molecule has 0 atom stereocenters. The third kappa shape index (κ3) is 16.2. The van der Waals surface area contributed by atoms with E-state index < -0.39 is 5.97 Å². The molecule has 0 spiro atoms. The van der Waals surface area contributed by atoms with Crippen LogP contribution in [0.4, 0.5) is 0 Å². The fourth-order valence-corrected chi connectivity index (χ4v) is 0.224. The van der Waals surface area contributed by atoms with Crippen LogP contribution in [-0.2, 0) is 4.79 Å². The smallest absolute Gasteiger partial charge is 0.346 e. The van der Waals surface area contributed by atoms with Gasteiger partial charge in [0.1, 0.15) is 5.03 Å². The average Bonchev–Trinajstić information content (AvgIpc) is 2.02. The minimum atomic E-state index is -1.17. The van der Waals surface area contributed by atoms with Crippen molar-refractivity contribution < 1.29 is 20.1 Å². The highest BCUT2D eigenvalue weighted by molar-refractivity contribution is 6.40. The second kappa shape index (κ2) is 10.4. The first-order valence-corrected chi connectivity index (χ1v) is 3.73. The van der Waals surface area contributed by atoms with E-state index in [4.69, 9.17) is 26.9 Å². The molecule has 0 radical (unpaired) electrons. The van der Waals surface area contributed by atoms with Gasteiger partial charge >= 0.3 is 5.97 Å². The number of aliphatic carboxylic acids is 1. The summed E-state index contributed by atoms with van der Waals surface area (Å²) < 4.78 is 0. The van der Waals surface area contributed by atoms with Gasteiger partial charge in [0.25, 0.3) is 0 Å². The highest BCUT2D eigenvalue weighted by Gasteiger charge is 1.93. The lowest BCUT2D eigenvalue weighted by Crippen LogP contribution is -1.89. The summed E-state index contributed by atoms with van der Waals surface area (Å²) in [4.78, 5) is 9.47. The predicted molar refractivity (Wildman–Crippen MR) is 46.0 cm³/mol. The monoisotopic (exact) mass is 196 g/mol. The lowest BCUT2D eigenvalue weighted by molar-refractivity contribution is -0.131. The molecule has 0 aliphatic rings. The van der Waals surface area contributed by atoms with Gasteiger partial charge < -0.3 is 15.3 Å². The summed E-state index contributed by atoms with van der Waals surface area (Å²) in [6.07, 6.45) is 1.44. The molecule has 72 valence electrons. The van der Waals surface area contributed by atoms with E-state index in [1.165, 1.54) is 0 Å². The minimum absolute atomic E-state index is 0.195. The van der Waals surface area contributed by atoms with Crippen LogP contribution in [0, 0.1) is 0 Å². The Morgan fingerprint density at radius 3 is 1.58 bits per heavy atom. The topological polar surface area (TPSA) is 77.8 Å². The summed E-state index contributed by atoms with van der Waals surface area (Å²) in [5.74, 6) is -1.17. The Morgan fingerprint density at radius 2 is 1.50 bits per heavy atom. The summed E-state index contributed by atoms with van der Waals surface area (Å²) >= 11 is 4.82. The molecule has 0 aromatic carbocycles. The van der Waals surface area contributed by atoms with Crippen molar-refractivity contribution in [2.75, 3.05) is 13.2 Å². The molecule has 4 nitrogen and oxygen atoms in total. The van der Waals surface area contributed by atoms with Gasteiger partial charge in [0.2, 0.25) is 0 Å². The summed E-state index contributed by atoms with van der Waals surface area (Å²) in [7, 11) is 0. The number of hydrogen-bond donors (Lipinski definition) is 3. The number of aliphatic hydroxyl groups is 2. The highest BCUT2D eigenvalue weighted by Crippen LogP contribution is 1.92. The molecule has 0 amide bonds. The zero-order valence-electron chi connectivity index (χ0n) is 6.66. The number of carbonyl (C=O) groups is 1. The van der Waals surface area contributed by atoms with Gasteiger partial charge in [0.15, 0.2) is 0 Å². The lowest BCUT2D eigenvalue weighted by Gasteiger charge is -1.85. The van der Waals surface area contributed by atoms with Crippen molar-refractivity contribution in [2.45, 2.75) is 12.8 Å². The summed E-state index contributed by atoms with van der Waals surface area (Å²) in [5.41, 5.74) is 0. The Kier molecular flexibility index (Phi) is 12.1. The van der Waals surface area contributed by atoms with E-state index in [1.54, 1.807) is 0 Å². The van der Waals surface area contributed by atoms with Crippen LogP contribution in [0.5, 0.6) is 0 Å². The molecule has 0 aliphatic carbocycles. The molecule has 0 unspecified atom stereocenters. The number of halogens is 1. The van der Waals surface area contributed by atoms with Crippen molar-refractivity contribution in [2.24, 2.45) is 0 Å². The van der Waals surface area contributed by atoms with Crippen molar-refractivity contribution in [3.05, 3.63) is 11.6 Å². The summed E-state index contributed by atoms with van der Waals surface area (Å²) in [5, 5.41) is 23.6. The normalized spacial score (nSPS) is 8.25. The fraction of sp³-hybridized carbons (Fsp3) is 0.571. The largest absolute Gasteiger partial charge is 0.477 e. The maximum atomic E-state index is 9.47. The SMILES string of the molecule is C=C(Cl)C(=O)O.OCCCCO. The first-order valence-electron chi connectivity index (χ1n) is 3.35. The molecular weight excluding hydrogens is 184 g/mol. The zero-order valence-corrected chi connectivity index (χ0v) is 7.42. The zero-order chi connectivity index (χ0) is 9.98. The van der Waals surface area contributed by atoms with Gasteiger partial charge in [-0.2, -0.15) is 0 Å². The molecule has 0 aromatic rings. The number of unbranched alkanes of at least 4 members (excludes halogenated alkanes) is 1. The van der Waals surface area contributed by atoms with E-state index in [0.717, 1.165) is 12.8 Å². The lowest BCUT2D eigenvalue weighted by atomic mass is 10.3. The number of carboxylic acid groups (broad SMARTS) is 1. The van der Waals surface area contributed by atoms with Crippen LogP contribution in [0.1, 0.15) is 12.8 Å². The van der Waals surface area contributed by atoms with Crippen molar-refractivity contribution in [3.8, 4) is 0 Å². The summed E-state index contributed by atoms with van der Waals surface area (Å²) in [6, 6.07) is 0. The van der Waals surface area contributed by atoms with Crippen molar-refractivity contribution >= 4 is 17.6 Å². The van der Waals surface area contributed by atoms with Gasteiger partial charge in [-0.1, -0.05) is 18.2 Å². The summed E-state index contributed by atoms with van der Waals surface area (Å²) in [6.45, 7) is 3.31. The first-order chi connectivity index (χ1) is 5.56. The molecule has 0 aliphatic heterocycles. The van der Waals surface area contributed by atoms with Crippen LogP contribution in [-0.4, -0.2) is 34.5 Å². The Hall–Kier alpha value is -0.580. The number of carboxylic acids is 1. The van der Waals surface area contributed by atoms with Crippen LogP contribution >= 0.6 is 11.6 Å². The standard InChI is InChI=1S/C4H10O2.C3H3ClO2/c5-3-1-2-4-6;1-2(4)3(5)6/h5-6H,1-4H2;1H2,(H,5,6). The molecular formula is C7H13ClO4. The van der Waals surface area contributed by atoms with Gasteiger partial charge in [-0.15, -0.1) is 0 Å². The van der Waals surface area contributed by atoms with E-state index in [-0.39, 0.29) is 18.2 Å². The molecule has 0 heterocycles. The highest BCUT2D eigenvalue weighted by atomic mass is 35.5. The molecule has 3 N–H and O–H groups in total. The van der Waals surface area contributed by atoms with Crippen LogP contribution in [0.2, 0.25) is 0 Å². The third-order valence-electron chi connectivity index (χ3n) is 0.798. The van der Waals surface area contributed by atoms with Crippen LogP contribution < -0.4 is 0 Å². The van der Waals surface area contributed by atoms with Gasteiger partial charge in [-0.05, 0) is 12.8 Å². The quantitative estimate of drug-likeness (QED) is 0.454. The van der Waals surface area contributed by atoms with Gasteiger partial charge in [0, 0.05) is 13.2 Å². The number of hydrogen-bond acceptors (Lipinski definition) is 3. The minimum Gasteiger partial charge on any atom is -0.477 e. The van der Waals surface area contributed by atoms with Crippen molar-refractivity contribution in [1.82, 2.24) is 0 Å². The maximum absolute atomic E-state index is 9.47. The second-order valence-electron chi connectivity index (χ2n) is 1.86. The molecule has 0 saturated heterocycles. The van der Waals surface area contributed by atoms with E-state index >= 15 is 0 Å². The average molecular weight is 197 g/mol. The van der Waals surface area contributed by atoms with Crippen molar-refractivity contribution in [1.29, 1.82) is 0 Å². The number of rotatable bonds is 4. The number of aliphatic hydroxyl groups excluding tert-OH is 2. The molecule has 12 heavy (non-hydrogen) atoms. The molecule has 0 fully saturated rings. The molecule has 5 heteroatoms. The fourth-order valence-electron chi connectivity index (χ4n) is 0.224.